The molecule has 144 valence electrons. The van der Waals surface area contributed by atoms with Crippen LogP contribution in [0, 0.1) is 11.3 Å². The Labute approximate surface area is 169 Å². The molecule has 1 aliphatic rings. The van der Waals surface area contributed by atoms with Gasteiger partial charge in [-0.3, -0.25) is 4.79 Å². The van der Waals surface area contributed by atoms with Crippen LogP contribution in [0.5, 0.6) is 0 Å². The van der Waals surface area contributed by atoms with Gasteiger partial charge in [-0.25, -0.2) is 9.97 Å². The number of nitrogens with one attached hydrogen (secondary N) is 2. The highest BCUT2D eigenvalue weighted by molar-refractivity contribution is 6.02. The molecule has 2 aromatic carbocycles. The van der Waals surface area contributed by atoms with E-state index < -0.39 is 0 Å². The molecule has 4 rings (SSSR count). The third-order valence-electron chi connectivity index (χ3n) is 4.74. The van der Waals surface area contributed by atoms with Gasteiger partial charge in [-0.2, -0.15) is 5.26 Å². The number of amides is 1. The molecule has 2 N–H and O–H groups in total. The maximum Gasteiger partial charge on any atom is 0.275 e. The lowest BCUT2D eigenvalue weighted by Crippen LogP contribution is -2.18. The van der Waals surface area contributed by atoms with Crippen molar-refractivity contribution in [3.8, 4) is 6.07 Å². The standard InChI is InChI=1S/C22H20N6O/c23-13-16-4-3-5-18(12-16)26-21-15-24-20(14-25-21)22(29)27-17-6-8-19(9-7-17)28-10-1-2-11-28/h3-9,12,14-15H,1-2,10-11H2,(H,25,26)(H,27,29). The molecule has 2 heterocycles. The summed E-state index contributed by atoms with van der Waals surface area (Å²) >= 11 is 0. The number of hydrogen-bond acceptors (Lipinski definition) is 6. The normalized spacial score (nSPS) is 13.0. The number of anilines is 4. The van der Waals surface area contributed by atoms with Crippen molar-refractivity contribution in [3.63, 3.8) is 0 Å². The Kier molecular flexibility index (Phi) is 5.34. The van der Waals surface area contributed by atoms with Gasteiger partial charge in [0, 0.05) is 30.2 Å². The van der Waals surface area contributed by atoms with Crippen LogP contribution in [-0.2, 0) is 0 Å². The van der Waals surface area contributed by atoms with E-state index in [9.17, 15) is 4.79 Å². The monoisotopic (exact) mass is 384 g/mol. The van der Waals surface area contributed by atoms with Crippen LogP contribution in [0.25, 0.3) is 0 Å². The number of hydrogen-bond donors (Lipinski definition) is 2. The Balaban J connectivity index is 1.38. The molecule has 0 bridgehead atoms. The van der Waals surface area contributed by atoms with Gasteiger partial charge >= 0.3 is 0 Å². The first kappa shape index (κ1) is 18.4. The molecule has 0 atom stereocenters. The zero-order valence-corrected chi connectivity index (χ0v) is 15.8. The third kappa shape index (κ3) is 4.50. The summed E-state index contributed by atoms with van der Waals surface area (Å²) in [6, 6.07) is 17.0. The summed E-state index contributed by atoms with van der Waals surface area (Å²) in [6.07, 6.45) is 5.37. The highest BCUT2D eigenvalue weighted by Gasteiger charge is 2.13. The Hall–Kier alpha value is -3.92. The SMILES string of the molecule is N#Cc1cccc(Nc2cnc(C(=O)Nc3ccc(N4CCCC4)cc3)cn2)c1. The van der Waals surface area contributed by atoms with Gasteiger partial charge in [-0.05, 0) is 55.3 Å². The van der Waals surface area contributed by atoms with Crippen molar-refractivity contribution in [1.29, 1.82) is 5.26 Å². The van der Waals surface area contributed by atoms with E-state index in [0.717, 1.165) is 24.5 Å². The van der Waals surface area contributed by atoms with Gasteiger partial charge in [0.1, 0.15) is 11.5 Å². The fraction of sp³-hybridized carbons (Fsp3) is 0.182. The highest BCUT2D eigenvalue weighted by atomic mass is 16.1. The molecular weight excluding hydrogens is 364 g/mol. The highest BCUT2D eigenvalue weighted by Crippen LogP contribution is 2.22. The zero-order valence-electron chi connectivity index (χ0n) is 15.8. The van der Waals surface area contributed by atoms with Crippen molar-refractivity contribution in [2.75, 3.05) is 28.6 Å². The van der Waals surface area contributed by atoms with E-state index in [1.165, 1.54) is 30.9 Å². The minimum Gasteiger partial charge on any atom is -0.372 e. The summed E-state index contributed by atoms with van der Waals surface area (Å²) in [7, 11) is 0. The first-order valence-electron chi connectivity index (χ1n) is 9.47. The average Bonchev–Trinajstić information content (AvgIpc) is 3.30. The van der Waals surface area contributed by atoms with E-state index in [0.29, 0.717) is 11.4 Å². The number of aromatic nitrogens is 2. The number of rotatable bonds is 5. The van der Waals surface area contributed by atoms with Crippen LogP contribution in [-0.4, -0.2) is 29.0 Å². The van der Waals surface area contributed by atoms with Gasteiger partial charge in [-0.1, -0.05) is 6.07 Å². The number of nitrogens with zero attached hydrogens (tertiary/aromatic N) is 4. The number of benzene rings is 2. The molecule has 1 aliphatic heterocycles. The lowest BCUT2D eigenvalue weighted by molar-refractivity contribution is 0.102. The molecule has 7 nitrogen and oxygen atoms in total. The van der Waals surface area contributed by atoms with Crippen LogP contribution in [0.3, 0.4) is 0 Å². The molecule has 1 saturated heterocycles. The van der Waals surface area contributed by atoms with Gasteiger partial charge in [0.15, 0.2) is 0 Å². The predicted octanol–water partition coefficient (Wildman–Crippen LogP) is 3.94. The molecule has 0 unspecified atom stereocenters. The van der Waals surface area contributed by atoms with Crippen molar-refractivity contribution in [3.05, 3.63) is 72.2 Å². The number of carbonyl (C=O) groups is 1. The second kappa shape index (κ2) is 8.40. The summed E-state index contributed by atoms with van der Waals surface area (Å²) in [4.78, 5) is 23.2. The third-order valence-corrected chi connectivity index (χ3v) is 4.74. The summed E-state index contributed by atoms with van der Waals surface area (Å²) in [6.45, 7) is 2.17. The molecule has 0 saturated carbocycles. The second-order valence-electron chi connectivity index (χ2n) is 6.80. The minimum absolute atomic E-state index is 0.227. The van der Waals surface area contributed by atoms with E-state index in [2.05, 4.69) is 31.6 Å². The molecule has 1 fully saturated rings. The fourth-order valence-electron chi connectivity index (χ4n) is 3.25. The van der Waals surface area contributed by atoms with Crippen molar-refractivity contribution >= 4 is 28.8 Å². The van der Waals surface area contributed by atoms with Crippen LogP contribution in [0.15, 0.2) is 60.9 Å². The average molecular weight is 384 g/mol. The van der Waals surface area contributed by atoms with Crippen LogP contribution in [0.1, 0.15) is 28.9 Å². The predicted molar refractivity (Wildman–Crippen MR) is 112 cm³/mol. The van der Waals surface area contributed by atoms with Crippen LogP contribution >= 0.6 is 0 Å². The molecule has 29 heavy (non-hydrogen) atoms. The molecule has 1 amide bonds. The van der Waals surface area contributed by atoms with Crippen molar-refractivity contribution in [2.24, 2.45) is 0 Å². The quantitative estimate of drug-likeness (QED) is 0.692. The van der Waals surface area contributed by atoms with Crippen molar-refractivity contribution < 1.29 is 4.79 Å². The molecule has 0 spiro atoms. The molecule has 1 aromatic heterocycles. The van der Waals surface area contributed by atoms with E-state index >= 15 is 0 Å². The number of nitriles is 1. The van der Waals surface area contributed by atoms with E-state index in [1.54, 1.807) is 18.2 Å². The first-order valence-corrected chi connectivity index (χ1v) is 9.47. The van der Waals surface area contributed by atoms with Gasteiger partial charge in [0.05, 0.1) is 24.0 Å². The molecule has 3 aromatic rings. The minimum atomic E-state index is -0.315. The second-order valence-corrected chi connectivity index (χ2v) is 6.80. The van der Waals surface area contributed by atoms with Gasteiger partial charge in [0.25, 0.3) is 5.91 Å². The Morgan fingerprint density at radius 3 is 2.48 bits per heavy atom. The van der Waals surface area contributed by atoms with Crippen molar-refractivity contribution in [1.82, 2.24) is 9.97 Å². The van der Waals surface area contributed by atoms with Gasteiger partial charge < -0.3 is 15.5 Å². The Morgan fingerprint density at radius 2 is 1.79 bits per heavy atom. The lowest BCUT2D eigenvalue weighted by atomic mass is 10.2. The topological polar surface area (TPSA) is 93.9 Å². The first-order chi connectivity index (χ1) is 14.2. The maximum atomic E-state index is 12.4. The van der Waals surface area contributed by atoms with E-state index in [1.807, 2.05) is 30.3 Å². The van der Waals surface area contributed by atoms with Gasteiger partial charge in [0.2, 0.25) is 0 Å². The molecule has 7 heteroatoms. The lowest BCUT2D eigenvalue weighted by Gasteiger charge is -2.17. The summed E-state index contributed by atoms with van der Waals surface area (Å²) < 4.78 is 0. The maximum absolute atomic E-state index is 12.4. The van der Waals surface area contributed by atoms with Crippen LogP contribution in [0.2, 0.25) is 0 Å². The molecule has 0 radical (unpaired) electrons. The summed E-state index contributed by atoms with van der Waals surface area (Å²) in [5.74, 6) is 0.177. The van der Waals surface area contributed by atoms with Crippen molar-refractivity contribution in [2.45, 2.75) is 12.8 Å². The summed E-state index contributed by atoms with van der Waals surface area (Å²) in [5, 5.41) is 14.9. The summed E-state index contributed by atoms with van der Waals surface area (Å²) in [5.41, 5.74) is 3.40. The smallest absolute Gasteiger partial charge is 0.275 e. The largest absolute Gasteiger partial charge is 0.372 e. The molecule has 0 aliphatic carbocycles. The van der Waals surface area contributed by atoms with Crippen LogP contribution < -0.4 is 15.5 Å². The van der Waals surface area contributed by atoms with Crippen LogP contribution in [0.4, 0.5) is 22.9 Å². The Bertz CT molecular complexity index is 1030. The molecular formula is C22H20N6O. The Morgan fingerprint density at radius 1 is 1.00 bits per heavy atom. The van der Waals surface area contributed by atoms with E-state index in [4.69, 9.17) is 5.26 Å². The zero-order chi connectivity index (χ0) is 20.1. The fourth-order valence-corrected chi connectivity index (χ4v) is 3.25. The van der Waals surface area contributed by atoms with E-state index in [-0.39, 0.29) is 11.6 Å². The van der Waals surface area contributed by atoms with Gasteiger partial charge in [-0.15, -0.1) is 0 Å². The number of carbonyl (C=O) groups excluding carboxylic acids is 1.